The molecule has 2 fully saturated rings. The summed E-state index contributed by atoms with van der Waals surface area (Å²) in [5, 5.41) is 10.5. The number of aryl methyl sites for hydroxylation is 1. The number of rotatable bonds is 7. The molecule has 0 aliphatic heterocycles. The Morgan fingerprint density at radius 2 is 1.74 bits per heavy atom. The molecule has 0 atom stereocenters. The van der Waals surface area contributed by atoms with E-state index in [1.54, 1.807) is 6.07 Å². The highest BCUT2D eigenvalue weighted by Gasteiger charge is 2.34. The van der Waals surface area contributed by atoms with E-state index in [-0.39, 0.29) is 23.1 Å². The number of nitrogens with one attached hydrogen (secondary N) is 3. The third-order valence-electron chi connectivity index (χ3n) is 8.19. The zero-order valence-electron chi connectivity index (χ0n) is 22.0. The quantitative estimate of drug-likeness (QED) is 0.284. The zero-order valence-corrected chi connectivity index (χ0v) is 23.5. The van der Waals surface area contributed by atoms with Gasteiger partial charge in [0.2, 0.25) is 17.8 Å². The van der Waals surface area contributed by atoms with Gasteiger partial charge in [-0.05, 0) is 55.5 Å². The van der Waals surface area contributed by atoms with Crippen molar-refractivity contribution in [3.63, 3.8) is 0 Å². The molecule has 0 unspecified atom stereocenters. The first-order valence-corrected chi connectivity index (χ1v) is 14.3. The van der Waals surface area contributed by atoms with Crippen molar-refractivity contribution in [2.24, 2.45) is 18.4 Å². The van der Waals surface area contributed by atoms with E-state index in [2.05, 4.69) is 22.9 Å². The first-order chi connectivity index (χ1) is 18.2. The number of anilines is 3. The minimum absolute atomic E-state index is 0.0254. The molecule has 38 heavy (non-hydrogen) atoms. The number of carbonyl (C=O) groups is 2. The van der Waals surface area contributed by atoms with Gasteiger partial charge < -0.3 is 20.5 Å². The molecule has 3 N–H and O–H groups in total. The lowest BCUT2D eigenvalue weighted by atomic mass is 9.75. The maximum Gasteiger partial charge on any atom is 0.227 e. The van der Waals surface area contributed by atoms with E-state index < -0.39 is 0 Å². The summed E-state index contributed by atoms with van der Waals surface area (Å²) < 4.78 is 1.91. The Hall–Kier alpha value is -2.77. The van der Waals surface area contributed by atoms with Crippen LogP contribution in [-0.4, -0.2) is 21.4 Å². The lowest BCUT2D eigenvalue weighted by molar-refractivity contribution is -0.132. The number of aromatic nitrogens is 2. The van der Waals surface area contributed by atoms with Crippen molar-refractivity contribution in [1.82, 2.24) is 14.9 Å². The highest BCUT2D eigenvalue weighted by Crippen LogP contribution is 2.36. The summed E-state index contributed by atoms with van der Waals surface area (Å²) in [7, 11) is 1.90. The second kappa shape index (κ2) is 11.1. The fourth-order valence-electron chi connectivity index (χ4n) is 5.70. The molecule has 2 aliphatic carbocycles. The summed E-state index contributed by atoms with van der Waals surface area (Å²) in [5.74, 6) is 0.783. The van der Waals surface area contributed by atoms with E-state index in [9.17, 15) is 9.59 Å². The standard InChI is InChI=1S/C29H35Cl2N5O2/c1-29(12-6-3-7-13-29)27(38)32-17-18-10-11-20(30)22(14-18)34-28-35-24-15-21(31)23(16-25(24)36(28)2)33-26(37)19-8-4-5-9-19/h10-11,14-16,19H,3-9,12-13,17H2,1-2H3,(H,32,38)(H,33,37)(H,34,35). The first kappa shape index (κ1) is 26.8. The number of amides is 2. The van der Waals surface area contributed by atoms with Crippen LogP contribution in [0.1, 0.15) is 70.3 Å². The Bertz CT molecular complexity index is 1360. The summed E-state index contributed by atoms with van der Waals surface area (Å²) in [5.41, 5.74) is 3.49. The Labute approximate surface area is 233 Å². The summed E-state index contributed by atoms with van der Waals surface area (Å²) in [4.78, 5) is 30.2. The van der Waals surface area contributed by atoms with Gasteiger partial charge in [-0.25, -0.2) is 4.98 Å². The number of nitrogens with zero attached hydrogens (tertiary/aromatic N) is 2. The number of hydrogen-bond acceptors (Lipinski definition) is 4. The van der Waals surface area contributed by atoms with Crippen LogP contribution in [0.3, 0.4) is 0 Å². The van der Waals surface area contributed by atoms with Gasteiger partial charge >= 0.3 is 0 Å². The number of carbonyl (C=O) groups excluding carboxylic acids is 2. The van der Waals surface area contributed by atoms with E-state index in [4.69, 9.17) is 28.2 Å². The molecule has 202 valence electrons. The summed E-state index contributed by atoms with van der Waals surface area (Å²) >= 11 is 13.0. The van der Waals surface area contributed by atoms with Gasteiger partial charge in [0.05, 0.1) is 32.5 Å². The van der Waals surface area contributed by atoms with Crippen molar-refractivity contribution in [1.29, 1.82) is 0 Å². The van der Waals surface area contributed by atoms with Crippen molar-refractivity contribution in [3.05, 3.63) is 45.9 Å². The average molecular weight is 557 g/mol. The second-order valence-corrected chi connectivity index (χ2v) is 11.8. The predicted octanol–water partition coefficient (Wildman–Crippen LogP) is 7.34. The molecule has 2 aromatic carbocycles. The van der Waals surface area contributed by atoms with Gasteiger partial charge in [-0.2, -0.15) is 0 Å². The molecule has 3 aromatic rings. The molecular weight excluding hydrogens is 521 g/mol. The molecule has 0 radical (unpaired) electrons. The van der Waals surface area contributed by atoms with Gasteiger partial charge in [-0.1, -0.05) is 68.3 Å². The Kier molecular flexibility index (Phi) is 7.87. The molecule has 0 bridgehead atoms. The summed E-state index contributed by atoms with van der Waals surface area (Å²) in [6.07, 6.45) is 9.34. The van der Waals surface area contributed by atoms with E-state index >= 15 is 0 Å². The van der Waals surface area contributed by atoms with Gasteiger partial charge in [-0.15, -0.1) is 0 Å². The number of benzene rings is 2. The van der Waals surface area contributed by atoms with Crippen LogP contribution < -0.4 is 16.0 Å². The van der Waals surface area contributed by atoms with Gasteiger partial charge in [0.1, 0.15) is 0 Å². The fraction of sp³-hybridized carbons (Fsp3) is 0.483. The molecule has 1 heterocycles. The molecule has 0 saturated heterocycles. The Morgan fingerprint density at radius 3 is 2.47 bits per heavy atom. The number of hydrogen-bond donors (Lipinski definition) is 3. The van der Waals surface area contributed by atoms with E-state index in [0.29, 0.717) is 39.4 Å². The lowest BCUT2D eigenvalue weighted by Gasteiger charge is -2.32. The number of halogens is 2. The highest BCUT2D eigenvalue weighted by molar-refractivity contribution is 6.34. The van der Waals surface area contributed by atoms with Crippen LogP contribution in [0.5, 0.6) is 0 Å². The summed E-state index contributed by atoms with van der Waals surface area (Å²) in [6.45, 7) is 2.50. The van der Waals surface area contributed by atoms with Gasteiger partial charge in [0, 0.05) is 24.9 Å². The topological polar surface area (TPSA) is 88.1 Å². The molecule has 7 nitrogen and oxygen atoms in total. The van der Waals surface area contributed by atoms with Crippen LogP contribution >= 0.6 is 23.2 Å². The second-order valence-electron chi connectivity index (χ2n) is 11.0. The van der Waals surface area contributed by atoms with Crippen molar-refractivity contribution < 1.29 is 9.59 Å². The third kappa shape index (κ3) is 5.64. The number of fused-ring (bicyclic) bond motifs is 1. The maximum atomic E-state index is 12.9. The monoisotopic (exact) mass is 555 g/mol. The van der Waals surface area contributed by atoms with Crippen molar-refractivity contribution in [2.45, 2.75) is 71.3 Å². The van der Waals surface area contributed by atoms with Gasteiger partial charge in [-0.3, -0.25) is 9.59 Å². The molecule has 2 amide bonds. The molecule has 1 aromatic heterocycles. The maximum absolute atomic E-state index is 12.9. The van der Waals surface area contributed by atoms with Crippen LogP contribution in [0.25, 0.3) is 11.0 Å². The Morgan fingerprint density at radius 1 is 1.00 bits per heavy atom. The van der Waals surface area contributed by atoms with E-state index in [1.165, 1.54) is 6.42 Å². The fourth-order valence-corrected chi connectivity index (χ4v) is 6.07. The molecule has 5 rings (SSSR count). The van der Waals surface area contributed by atoms with Crippen LogP contribution in [-0.2, 0) is 23.2 Å². The molecule has 2 saturated carbocycles. The van der Waals surface area contributed by atoms with Crippen LogP contribution in [0.15, 0.2) is 30.3 Å². The minimum Gasteiger partial charge on any atom is -0.352 e. The predicted molar refractivity (Wildman–Crippen MR) is 154 cm³/mol. The average Bonchev–Trinajstić information content (AvgIpc) is 3.54. The van der Waals surface area contributed by atoms with E-state index in [1.807, 2.05) is 35.9 Å². The van der Waals surface area contributed by atoms with E-state index in [0.717, 1.165) is 62.4 Å². The third-order valence-corrected chi connectivity index (χ3v) is 8.83. The number of imidazole rings is 1. The van der Waals surface area contributed by atoms with Crippen molar-refractivity contribution >= 4 is 63.4 Å². The summed E-state index contributed by atoms with van der Waals surface area (Å²) in [6, 6.07) is 9.31. The SMILES string of the molecule is Cn1c(Nc2cc(CNC(=O)C3(C)CCCCC3)ccc2Cl)nc2cc(Cl)c(NC(=O)C3CCCC3)cc21. The van der Waals surface area contributed by atoms with Crippen LogP contribution in [0.2, 0.25) is 10.0 Å². The lowest BCUT2D eigenvalue weighted by Crippen LogP contribution is -2.39. The molecular formula is C29H35Cl2N5O2. The van der Waals surface area contributed by atoms with Gasteiger partial charge in [0.25, 0.3) is 0 Å². The highest BCUT2D eigenvalue weighted by atomic mass is 35.5. The normalized spacial score (nSPS) is 17.5. The van der Waals surface area contributed by atoms with Crippen molar-refractivity contribution in [3.8, 4) is 0 Å². The van der Waals surface area contributed by atoms with Gasteiger partial charge in [0.15, 0.2) is 0 Å². The largest absolute Gasteiger partial charge is 0.352 e. The zero-order chi connectivity index (χ0) is 26.9. The van der Waals surface area contributed by atoms with Crippen molar-refractivity contribution in [2.75, 3.05) is 10.6 Å². The smallest absolute Gasteiger partial charge is 0.227 e. The van der Waals surface area contributed by atoms with Crippen LogP contribution in [0.4, 0.5) is 17.3 Å². The molecule has 0 spiro atoms. The first-order valence-electron chi connectivity index (χ1n) is 13.5. The molecule has 9 heteroatoms. The van der Waals surface area contributed by atoms with Crippen LogP contribution in [0, 0.1) is 11.3 Å². The minimum atomic E-state index is -0.282. The molecule has 2 aliphatic rings. The Balaban J connectivity index is 1.31.